The zero-order chi connectivity index (χ0) is 15.1. The zero-order valence-electron chi connectivity index (χ0n) is 12.1. The van der Waals surface area contributed by atoms with Gasteiger partial charge in [0.1, 0.15) is 5.76 Å². The monoisotopic (exact) mass is 278 g/mol. The Morgan fingerprint density at radius 1 is 1.33 bits per heavy atom. The van der Waals surface area contributed by atoms with Gasteiger partial charge in [-0.3, -0.25) is 0 Å². The molecule has 0 spiro atoms. The van der Waals surface area contributed by atoms with Gasteiger partial charge in [0.25, 0.3) is 0 Å². The molecule has 0 bridgehead atoms. The van der Waals surface area contributed by atoms with Crippen molar-refractivity contribution in [3.8, 4) is 17.9 Å². The molecule has 1 unspecified atom stereocenters. The minimum Gasteiger partial charge on any atom is -0.496 e. The summed E-state index contributed by atoms with van der Waals surface area (Å²) in [5, 5.41) is 8.88. The summed E-state index contributed by atoms with van der Waals surface area (Å²) >= 11 is 0. The van der Waals surface area contributed by atoms with Crippen LogP contribution in [0.15, 0.2) is 47.7 Å². The van der Waals surface area contributed by atoms with Crippen LogP contribution in [0.3, 0.4) is 0 Å². The minimum absolute atomic E-state index is 0.365. The second kappa shape index (κ2) is 7.33. The standard InChI is InChI=1S/C18H18N2O/c1-14-5-6-16(12-18(14)21-10-9-19)8-7-15-3-2-4-17(11-15)13-20/h2-4,6,11-12,14H,5,9-10,19H2,1H3. The second-order valence-corrected chi connectivity index (χ2v) is 4.92. The van der Waals surface area contributed by atoms with E-state index in [2.05, 4.69) is 30.9 Å². The van der Waals surface area contributed by atoms with E-state index in [1.54, 1.807) is 12.1 Å². The number of rotatable bonds is 3. The molecule has 0 aliphatic heterocycles. The van der Waals surface area contributed by atoms with Crippen molar-refractivity contribution in [1.29, 1.82) is 5.26 Å². The van der Waals surface area contributed by atoms with Crippen molar-refractivity contribution in [2.24, 2.45) is 11.7 Å². The quantitative estimate of drug-likeness (QED) is 0.865. The SMILES string of the molecule is CC1CC=C(C#Cc2cccc(C#N)c2)C=C1OCCN. The Kier molecular flexibility index (Phi) is 5.21. The lowest BCUT2D eigenvalue weighted by Crippen LogP contribution is -2.13. The molecule has 3 nitrogen and oxygen atoms in total. The van der Waals surface area contributed by atoms with Crippen molar-refractivity contribution in [3.05, 3.63) is 58.9 Å². The van der Waals surface area contributed by atoms with E-state index < -0.39 is 0 Å². The van der Waals surface area contributed by atoms with Gasteiger partial charge in [-0.25, -0.2) is 0 Å². The summed E-state index contributed by atoms with van der Waals surface area (Å²) in [5.41, 5.74) is 7.87. The number of hydrogen-bond donors (Lipinski definition) is 1. The number of nitrogens with zero attached hydrogens (tertiary/aromatic N) is 1. The normalized spacial score (nSPS) is 16.9. The summed E-state index contributed by atoms with van der Waals surface area (Å²) in [6.07, 6.45) is 5.00. The molecule has 0 heterocycles. The molecule has 0 saturated heterocycles. The molecule has 3 heteroatoms. The van der Waals surface area contributed by atoms with Gasteiger partial charge in [-0.05, 0) is 30.7 Å². The molecule has 106 valence electrons. The van der Waals surface area contributed by atoms with E-state index in [4.69, 9.17) is 15.7 Å². The maximum Gasteiger partial charge on any atom is 0.100 e. The molecule has 0 fully saturated rings. The van der Waals surface area contributed by atoms with Crippen LogP contribution in [-0.4, -0.2) is 13.2 Å². The molecular formula is C18H18N2O. The van der Waals surface area contributed by atoms with Crippen LogP contribution < -0.4 is 5.73 Å². The van der Waals surface area contributed by atoms with Gasteiger partial charge in [0.05, 0.1) is 18.2 Å². The predicted octanol–water partition coefficient (Wildman–Crippen LogP) is 2.74. The van der Waals surface area contributed by atoms with E-state index in [9.17, 15) is 0 Å². The molecule has 0 aromatic heterocycles. The van der Waals surface area contributed by atoms with E-state index >= 15 is 0 Å². The average molecular weight is 278 g/mol. The molecule has 2 rings (SSSR count). The topological polar surface area (TPSA) is 59.0 Å². The summed E-state index contributed by atoms with van der Waals surface area (Å²) < 4.78 is 5.65. The van der Waals surface area contributed by atoms with E-state index in [1.807, 2.05) is 18.2 Å². The largest absolute Gasteiger partial charge is 0.496 e. The fraction of sp³-hybridized carbons (Fsp3) is 0.278. The molecule has 1 aliphatic rings. The molecular weight excluding hydrogens is 260 g/mol. The average Bonchev–Trinajstić information content (AvgIpc) is 2.53. The minimum atomic E-state index is 0.365. The van der Waals surface area contributed by atoms with Gasteiger partial charge in [-0.2, -0.15) is 5.26 Å². The van der Waals surface area contributed by atoms with Crippen molar-refractivity contribution in [2.45, 2.75) is 13.3 Å². The predicted molar refractivity (Wildman–Crippen MR) is 83.0 cm³/mol. The van der Waals surface area contributed by atoms with Crippen LogP contribution in [0.4, 0.5) is 0 Å². The highest BCUT2D eigenvalue weighted by molar-refractivity contribution is 5.48. The first kappa shape index (κ1) is 14.9. The van der Waals surface area contributed by atoms with Crippen LogP contribution in [0.25, 0.3) is 0 Å². The summed E-state index contributed by atoms with van der Waals surface area (Å²) in [6, 6.07) is 9.41. The number of nitrogens with two attached hydrogens (primary N) is 1. The number of ether oxygens (including phenoxy) is 1. The Morgan fingerprint density at radius 3 is 2.90 bits per heavy atom. The van der Waals surface area contributed by atoms with Crippen LogP contribution in [0, 0.1) is 29.1 Å². The molecule has 1 atom stereocenters. The van der Waals surface area contributed by atoms with Gasteiger partial charge in [0.2, 0.25) is 0 Å². The van der Waals surface area contributed by atoms with Crippen molar-refractivity contribution < 1.29 is 4.74 Å². The molecule has 0 saturated carbocycles. The smallest absolute Gasteiger partial charge is 0.100 e. The first-order valence-electron chi connectivity index (χ1n) is 6.99. The summed E-state index contributed by atoms with van der Waals surface area (Å²) in [5.74, 6) is 7.52. The third-order valence-corrected chi connectivity index (χ3v) is 3.20. The van der Waals surface area contributed by atoms with Gasteiger partial charge in [0.15, 0.2) is 0 Å². The van der Waals surface area contributed by atoms with Crippen molar-refractivity contribution in [3.63, 3.8) is 0 Å². The number of nitriles is 1. The van der Waals surface area contributed by atoms with Gasteiger partial charge >= 0.3 is 0 Å². The van der Waals surface area contributed by atoms with Crippen molar-refractivity contribution in [1.82, 2.24) is 0 Å². The maximum absolute atomic E-state index is 8.88. The van der Waals surface area contributed by atoms with E-state index in [1.165, 1.54) is 0 Å². The zero-order valence-corrected chi connectivity index (χ0v) is 12.1. The Labute approximate surface area is 125 Å². The lowest BCUT2D eigenvalue weighted by Gasteiger charge is -2.19. The fourth-order valence-electron chi connectivity index (χ4n) is 2.03. The van der Waals surface area contributed by atoms with Crippen LogP contribution in [0.2, 0.25) is 0 Å². The Bertz CT molecular complexity index is 668. The number of benzene rings is 1. The van der Waals surface area contributed by atoms with Crippen LogP contribution in [0.5, 0.6) is 0 Å². The fourth-order valence-corrected chi connectivity index (χ4v) is 2.03. The van der Waals surface area contributed by atoms with Crippen LogP contribution in [-0.2, 0) is 4.74 Å². The van der Waals surface area contributed by atoms with Crippen molar-refractivity contribution >= 4 is 0 Å². The summed E-state index contributed by atoms with van der Waals surface area (Å²) in [6.45, 7) is 3.16. The van der Waals surface area contributed by atoms with E-state index in [-0.39, 0.29) is 0 Å². The number of allylic oxidation sites excluding steroid dienone is 4. The molecule has 1 aliphatic carbocycles. The molecule has 2 N–H and O–H groups in total. The molecule has 0 amide bonds. The van der Waals surface area contributed by atoms with Gasteiger partial charge < -0.3 is 10.5 Å². The third-order valence-electron chi connectivity index (χ3n) is 3.20. The Balaban J connectivity index is 2.14. The van der Waals surface area contributed by atoms with Gasteiger partial charge in [-0.1, -0.05) is 30.9 Å². The maximum atomic E-state index is 8.88. The second-order valence-electron chi connectivity index (χ2n) is 4.92. The molecule has 0 radical (unpaired) electrons. The summed E-state index contributed by atoms with van der Waals surface area (Å²) in [7, 11) is 0. The van der Waals surface area contributed by atoms with Crippen LogP contribution in [0.1, 0.15) is 24.5 Å². The highest BCUT2D eigenvalue weighted by Crippen LogP contribution is 2.24. The van der Waals surface area contributed by atoms with Crippen LogP contribution >= 0.6 is 0 Å². The van der Waals surface area contributed by atoms with E-state index in [0.29, 0.717) is 24.6 Å². The molecule has 21 heavy (non-hydrogen) atoms. The number of hydrogen-bond acceptors (Lipinski definition) is 3. The molecule has 1 aromatic rings. The molecule has 1 aromatic carbocycles. The highest BCUT2D eigenvalue weighted by Gasteiger charge is 2.13. The Hall–Kier alpha value is -2.49. The van der Waals surface area contributed by atoms with Gasteiger partial charge in [0, 0.05) is 23.6 Å². The first-order valence-corrected chi connectivity index (χ1v) is 6.99. The van der Waals surface area contributed by atoms with E-state index in [0.717, 1.165) is 23.3 Å². The summed E-state index contributed by atoms with van der Waals surface area (Å²) in [4.78, 5) is 0. The lowest BCUT2D eigenvalue weighted by atomic mass is 9.96. The highest BCUT2D eigenvalue weighted by atomic mass is 16.5. The third kappa shape index (κ3) is 4.24. The van der Waals surface area contributed by atoms with Crippen molar-refractivity contribution in [2.75, 3.05) is 13.2 Å². The lowest BCUT2D eigenvalue weighted by molar-refractivity contribution is 0.187. The van der Waals surface area contributed by atoms with Gasteiger partial charge in [-0.15, -0.1) is 0 Å². The Morgan fingerprint density at radius 2 is 2.14 bits per heavy atom. The first-order chi connectivity index (χ1) is 10.2.